The summed E-state index contributed by atoms with van der Waals surface area (Å²) in [7, 11) is 1.67. The summed E-state index contributed by atoms with van der Waals surface area (Å²) in [6.45, 7) is 17.0. The van der Waals surface area contributed by atoms with Crippen LogP contribution in [0.4, 0.5) is 0 Å². The molecule has 14 heteroatoms. The number of nitrogens with one attached hydrogen (secondary N) is 2. The van der Waals surface area contributed by atoms with E-state index in [1.807, 2.05) is 0 Å². The topological polar surface area (TPSA) is 162 Å². The molecule has 0 aliphatic heterocycles. The summed E-state index contributed by atoms with van der Waals surface area (Å²) >= 11 is 2.08. The Kier molecular flexibility index (Phi) is 61.5. The van der Waals surface area contributed by atoms with Gasteiger partial charge in [-0.05, 0) is 129 Å². The molecule has 0 saturated carbocycles. The smallest absolute Gasteiger partial charge is 0.306 e. The first-order chi connectivity index (χ1) is 40.6. The van der Waals surface area contributed by atoms with Crippen molar-refractivity contribution in [3.63, 3.8) is 0 Å². The van der Waals surface area contributed by atoms with E-state index in [1.165, 1.54) is 167 Å². The highest BCUT2D eigenvalue weighted by Crippen LogP contribution is 2.20. The number of ether oxygens (including phenoxy) is 3. The molecule has 0 radical (unpaired) electrons. The van der Waals surface area contributed by atoms with E-state index in [9.17, 15) is 18.9 Å². The van der Waals surface area contributed by atoms with Crippen molar-refractivity contribution in [2.24, 2.45) is 9.98 Å². The Labute approximate surface area is 522 Å². The second-order valence-electron chi connectivity index (χ2n) is 24.1. The summed E-state index contributed by atoms with van der Waals surface area (Å²) in [5, 5.41) is 1.09. The standard InChI is InChI=1S/C50H97N5O5S.C19H37BrO2/c1-6-10-13-16-21-28-36-45(9-4)59-47(56)39-31-24-19-26-33-42-55(44-35-41-52-50-49(51-5)53-61(58)54-50)43-34-27-20-25-32-40-48(57)60-46(37-29-22-17-14-11-7-2)38-30-23-18-15-12-8-3;1-3-5-6-7-9-12-15-18(4-2)22-19(21)16-13-10-8-11-14-17-20/h45-46H,6-44H2,1-5H3,(H,51,53)(H,52,54);18H,3-17H2,1-2H3. The molecule has 2 N–H and O–H groups in total. The molecule has 83 heavy (non-hydrogen) atoms. The van der Waals surface area contributed by atoms with Gasteiger partial charge in [-0.25, -0.2) is 0 Å². The first-order valence-electron chi connectivity index (χ1n) is 35.4. The number of alkyl halides is 1. The van der Waals surface area contributed by atoms with Crippen LogP contribution in [0.5, 0.6) is 0 Å². The lowest BCUT2D eigenvalue weighted by molar-refractivity contribution is -0.150. The van der Waals surface area contributed by atoms with Crippen LogP contribution in [-0.4, -0.2) is 93.0 Å². The van der Waals surface area contributed by atoms with Crippen LogP contribution in [0.15, 0.2) is 9.98 Å². The fourth-order valence-corrected chi connectivity index (χ4v) is 12.0. The van der Waals surface area contributed by atoms with Crippen LogP contribution < -0.4 is 11.0 Å². The molecule has 0 fully saturated rings. The van der Waals surface area contributed by atoms with Crippen molar-refractivity contribution in [1.82, 2.24) is 13.6 Å². The summed E-state index contributed by atoms with van der Waals surface area (Å²) < 4.78 is 35.0. The highest BCUT2D eigenvalue weighted by molar-refractivity contribution is 9.09. The molecule has 3 unspecified atom stereocenters. The predicted molar refractivity (Wildman–Crippen MR) is 356 cm³/mol. The lowest BCUT2D eigenvalue weighted by Gasteiger charge is -2.22. The van der Waals surface area contributed by atoms with Gasteiger partial charge in [-0.15, -0.1) is 0 Å². The van der Waals surface area contributed by atoms with Crippen LogP contribution in [0.3, 0.4) is 0 Å². The van der Waals surface area contributed by atoms with Crippen molar-refractivity contribution >= 4 is 45.0 Å². The van der Waals surface area contributed by atoms with E-state index in [0.29, 0.717) is 36.8 Å². The SMILES string of the molecule is CCCCCCCCC(CC)OC(=O)CCCCCCCBr.CCCCCCCCC(CC)OC(=O)CCCCCCCN(CCCCCCCC(=O)OC(CCCCCCCC)CCCCCCCC)CCCN=c1[nH][s+]([O-])[nH]c1=NC. The highest BCUT2D eigenvalue weighted by atomic mass is 79.9. The molecule has 0 aromatic carbocycles. The Balaban J connectivity index is 0.00000256. The third-order valence-electron chi connectivity index (χ3n) is 16.3. The molecule has 3 atom stereocenters. The lowest BCUT2D eigenvalue weighted by atomic mass is 10.0. The number of rotatable bonds is 60. The van der Waals surface area contributed by atoms with Gasteiger partial charge in [0.1, 0.15) is 29.5 Å². The van der Waals surface area contributed by atoms with Gasteiger partial charge in [-0.1, -0.05) is 244 Å². The number of hydrogen-bond donors (Lipinski definition) is 2. The van der Waals surface area contributed by atoms with Gasteiger partial charge >= 0.3 is 17.9 Å². The van der Waals surface area contributed by atoms with Crippen molar-refractivity contribution in [3.8, 4) is 0 Å². The number of hydrogen-bond acceptors (Lipinski definition) is 10. The summed E-state index contributed by atoms with van der Waals surface area (Å²) in [4.78, 5) is 48.6. The zero-order valence-electron chi connectivity index (χ0n) is 55.4. The van der Waals surface area contributed by atoms with E-state index in [1.54, 1.807) is 7.05 Å². The molecule has 1 aromatic rings. The number of aromatic amines is 2. The quantitative estimate of drug-likeness (QED) is 0.0214. The second kappa shape index (κ2) is 63.0. The second-order valence-corrected chi connectivity index (χ2v) is 25.8. The maximum absolute atomic E-state index is 12.9. The molecule has 0 amide bonds. The molecule has 0 bridgehead atoms. The van der Waals surface area contributed by atoms with Gasteiger partial charge in [0.05, 0.1) is 0 Å². The van der Waals surface area contributed by atoms with Crippen LogP contribution in [0.1, 0.15) is 356 Å². The molecule has 0 saturated heterocycles. The third-order valence-corrected chi connectivity index (χ3v) is 17.6. The van der Waals surface area contributed by atoms with Gasteiger partial charge in [-0.3, -0.25) is 24.4 Å². The third kappa shape index (κ3) is 53.9. The number of halogens is 1. The summed E-state index contributed by atoms with van der Waals surface area (Å²) in [5.74, 6) is -0.00279. The van der Waals surface area contributed by atoms with Gasteiger partial charge in [0.25, 0.3) is 0 Å². The van der Waals surface area contributed by atoms with Crippen LogP contribution in [0, 0.1) is 0 Å². The molecular formula is C69H134BrN5O7S. The van der Waals surface area contributed by atoms with E-state index in [0.717, 1.165) is 153 Å². The van der Waals surface area contributed by atoms with Gasteiger partial charge in [0, 0.05) is 38.2 Å². The van der Waals surface area contributed by atoms with Crippen LogP contribution in [-0.2, 0) is 28.6 Å². The fraction of sp³-hybridized carbons (Fsp3) is 0.928. The molecule has 1 rings (SSSR count). The normalized spacial score (nSPS) is 13.0. The number of esters is 3. The minimum absolute atomic E-state index is 0.00717. The maximum atomic E-state index is 12.9. The number of H-pyrrole nitrogens is 2. The molecule has 1 heterocycles. The average molecular weight is 1260 g/mol. The number of unbranched alkanes of at least 4 members (excludes halogenated alkanes) is 32. The Morgan fingerprint density at radius 2 is 0.723 bits per heavy atom. The molecule has 0 aliphatic carbocycles. The zero-order valence-corrected chi connectivity index (χ0v) is 57.8. The Hall–Kier alpha value is -2.03. The summed E-state index contributed by atoms with van der Waals surface area (Å²) in [5.41, 5.74) is 1.13. The number of nitrogens with zero attached hydrogens (tertiary/aromatic N) is 3. The van der Waals surface area contributed by atoms with E-state index in [4.69, 9.17) is 14.2 Å². The maximum Gasteiger partial charge on any atom is 0.306 e. The fourth-order valence-electron chi connectivity index (χ4n) is 10.8. The van der Waals surface area contributed by atoms with Crippen LogP contribution in [0.2, 0.25) is 0 Å². The molecule has 490 valence electrons. The van der Waals surface area contributed by atoms with E-state index >= 15 is 0 Å². The first-order valence-corrected chi connectivity index (χ1v) is 37.7. The largest absolute Gasteiger partial charge is 0.549 e. The number of carbonyl (C=O) groups excluding carboxylic acids is 3. The number of aromatic nitrogens is 2. The summed E-state index contributed by atoms with van der Waals surface area (Å²) in [6.07, 6.45) is 56.3. The Bertz CT molecular complexity index is 1690. The van der Waals surface area contributed by atoms with E-state index in [2.05, 4.69) is 81.1 Å². The molecule has 1 aromatic heterocycles. The van der Waals surface area contributed by atoms with Gasteiger partial charge in [0.2, 0.25) is 11.0 Å². The molecule has 0 aliphatic rings. The molecule has 12 nitrogen and oxygen atoms in total. The summed E-state index contributed by atoms with van der Waals surface area (Å²) in [6, 6.07) is 0. The first kappa shape index (κ1) is 81.0. The van der Waals surface area contributed by atoms with Crippen LogP contribution in [0.25, 0.3) is 0 Å². The predicted octanol–water partition coefficient (Wildman–Crippen LogP) is 20.2. The number of carbonyl (C=O) groups is 3. The van der Waals surface area contributed by atoms with Gasteiger partial charge in [-0.2, -0.15) is 8.75 Å². The average Bonchev–Trinajstić information content (AvgIpc) is 3.99. The van der Waals surface area contributed by atoms with E-state index in [-0.39, 0.29) is 36.2 Å². The van der Waals surface area contributed by atoms with Crippen molar-refractivity contribution in [1.29, 1.82) is 0 Å². The monoisotopic (exact) mass is 1260 g/mol. The van der Waals surface area contributed by atoms with E-state index < -0.39 is 11.1 Å². The molecular weight excluding hydrogens is 1120 g/mol. The minimum atomic E-state index is -1.36. The van der Waals surface area contributed by atoms with Crippen molar-refractivity contribution in [2.75, 3.05) is 38.6 Å². The molecule has 0 spiro atoms. The Morgan fingerprint density at radius 1 is 0.422 bits per heavy atom. The Morgan fingerprint density at radius 3 is 1.08 bits per heavy atom. The van der Waals surface area contributed by atoms with Gasteiger partial charge in [0.15, 0.2) is 0 Å². The van der Waals surface area contributed by atoms with Crippen molar-refractivity contribution in [2.45, 2.75) is 374 Å². The minimum Gasteiger partial charge on any atom is -0.549 e. The van der Waals surface area contributed by atoms with Crippen molar-refractivity contribution in [3.05, 3.63) is 11.0 Å². The zero-order chi connectivity index (χ0) is 60.9. The van der Waals surface area contributed by atoms with Crippen molar-refractivity contribution < 1.29 is 33.1 Å². The lowest BCUT2D eigenvalue weighted by Crippen LogP contribution is -2.29. The highest BCUT2D eigenvalue weighted by Gasteiger charge is 2.16. The van der Waals surface area contributed by atoms with Gasteiger partial charge < -0.3 is 23.7 Å². The van der Waals surface area contributed by atoms with Crippen LogP contribution >= 0.6 is 27.1 Å².